The van der Waals surface area contributed by atoms with Gasteiger partial charge in [0.1, 0.15) is 5.82 Å². The number of amides is 1. The number of hydrogen-bond donors (Lipinski definition) is 1. The maximum absolute atomic E-state index is 13.3. The van der Waals surface area contributed by atoms with Crippen molar-refractivity contribution in [2.75, 3.05) is 7.05 Å². The van der Waals surface area contributed by atoms with E-state index in [0.29, 0.717) is 12.5 Å². The zero-order valence-electron chi connectivity index (χ0n) is 14.0. The number of carbonyl (C=O) groups is 1. The monoisotopic (exact) mass is 329 g/mol. The summed E-state index contributed by atoms with van der Waals surface area (Å²) in [6.07, 6.45) is 0.772. The molecular formula is C18H20FN3O2. The molecule has 0 aliphatic rings. The van der Waals surface area contributed by atoms with Crippen molar-refractivity contribution in [3.05, 3.63) is 53.3 Å². The average molecular weight is 329 g/mol. The first-order valence-corrected chi connectivity index (χ1v) is 7.90. The number of carbonyl (C=O) groups excluding carboxylic acids is 1. The maximum atomic E-state index is 13.3. The van der Waals surface area contributed by atoms with Gasteiger partial charge in [0.05, 0.1) is 12.2 Å². The number of nitrogens with one attached hydrogen (secondary N) is 1. The van der Waals surface area contributed by atoms with Crippen LogP contribution in [0.2, 0.25) is 0 Å². The molecule has 5 nitrogen and oxygen atoms in total. The number of benzene rings is 1. The van der Waals surface area contributed by atoms with Crippen LogP contribution in [0.25, 0.3) is 10.9 Å². The van der Waals surface area contributed by atoms with E-state index in [1.165, 1.54) is 12.1 Å². The topological polar surface area (TPSA) is 62.1 Å². The summed E-state index contributed by atoms with van der Waals surface area (Å²) in [5, 5.41) is 4.72. The van der Waals surface area contributed by atoms with Gasteiger partial charge in [0.15, 0.2) is 0 Å². The molecule has 0 spiro atoms. The molecule has 24 heavy (non-hydrogen) atoms. The molecular weight excluding hydrogens is 309 g/mol. The van der Waals surface area contributed by atoms with Crippen molar-refractivity contribution >= 4 is 16.8 Å². The fourth-order valence-corrected chi connectivity index (χ4v) is 2.69. The van der Waals surface area contributed by atoms with Crippen LogP contribution in [0.3, 0.4) is 0 Å². The van der Waals surface area contributed by atoms with E-state index in [2.05, 4.69) is 24.0 Å². The lowest BCUT2D eigenvalue weighted by Crippen LogP contribution is -2.25. The minimum absolute atomic E-state index is 0.232. The highest BCUT2D eigenvalue weighted by molar-refractivity contribution is 5.91. The summed E-state index contributed by atoms with van der Waals surface area (Å²) in [6.45, 7) is 4.54. The van der Waals surface area contributed by atoms with E-state index in [9.17, 15) is 9.18 Å². The highest BCUT2D eigenvalue weighted by Gasteiger charge is 2.18. The zero-order chi connectivity index (χ0) is 17.3. The number of aromatic amines is 1. The number of halogens is 1. The standard InChI is InChI=1S/C18H20FN3O2/c1-11(2)6-14-9-17(24-21-14)18(23)22(3)10-15-8-12-7-13(19)4-5-16(12)20-15/h4-5,7-9,11,20H,6,10H2,1-3H3. The van der Waals surface area contributed by atoms with Crippen molar-refractivity contribution in [3.8, 4) is 0 Å². The normalized spacial score (nSPS) is 11.4. The van der Waals surface area contributed by atoms with Gasteiger partial charge in [0.25, 0.3) is 5.91 Å². The first-order chi connectivity index (χ1) is 11.4. The molecule has 0 aliphatic heterocycles. The fraction of sp³-hybridized carbons (Fsp3) is 0.333. The van der Waals surface area contributed by atoms with E-state index in [1.54, 1.807) is 24.1 Å². The predicted molar refractivity (Wildman–Crippen MR) is 89.1 cm³/mol. The molecule has 0 bridgehead atoms. The van der Waals surface area contributed by atoms with E-state index in [1.807, 2.05) is 6.07 Å². The summed E-state index contributed by atoms with van der Waals surface area (Å²) < 4.78 is 18.4. The summed E-state index contributed by atoms with van der Waals surface area (Å²) >= 11 is 0. The number of nitrogens with zero attached hydrogens (tertiary/aromatic N) is 2. The van der Waals surface area contributed by atoms with Crippen molar-refractivity contribution in [2.24, 2.45) is 5.92 Å². The Morgan fingerprint density at radius 1 is 1.33 bits per heavy atom. The average Bonchev–Trinajstić information content (AvgIpc) is 3.11. The third kappa shape index (κ3) is 3.48. The molecule has 3 rings (SSSR count). The Morgan fingerprint density at radius 2 is 2.12 bits per heavy atom. The van der Waals surface area contributed by atoms with Crippen molar-refractivity contribution in [1.82, 2.24) is 15.0 Å². The Labute approximate surface area is 139 Å². The van der Waals surface area contributed by atoms with Gasteiger partial charge < -0.3 is 14.4 Å². The molecule has 0 saturated carbocycles. The summed E-state index contributed by atoms with van der Waals surface area (Å²) in [5.74, 6) is 0.164. The highest BCUT2D eigenvalue weighted by atomic mass is 19.1. The SMILES string of the molecule is CC(C)Cc1cc(C(=O)N(C)Cc2cc3cc(F)ccc3[nH]2)on1. The molecule has 0 aliphatic carbocycles. The van der Waals surface area contributed by atoms with Gasteiger partial charge in [0.2, 0.25) is 5.76 Å². The van der Waals surface area contributed by atoms with E-state index in [0.717, 1.165) is 28.7 Å². The molecule has 0 saturated heterocycles. The van der Waals surface area contributed by atoms with Crippen LogP contribution in [0.4, 0.5) is 4.39 Å². The predicted octanol–water partition coefficient (Wildman–Crippen LogP) is 3.77. The van der Waals surface area contributed by atoms with E-state index >= 15 is 0 Å². The molecule has 3 aromatic rings. The van der Waals surface area contributed by atoms with Crippen molar-refractivity contribution in [3.63, 3.8) is 0 Å². The maximum Gasteiger partial charge on any atom is 0.292 e. The molecule has 1 N–H and O–H groups in total. The molecule has 2 aromatic heterocycles. The van der Waals surface area contributed by atoms with E-state index in [-0.39, 0.29) is 17.5 Å². The van der Waals surface area contributed by atoms with Crippen LogP contribution in [-0.4, -0.2) is 28.0 Å². The van der Waals surface area contributed by atoms with Gasteiger partial charge in [-0.1, -0.05) is 19.0 Å². The van der Waals surface area contributed by atoms with Gasteiger partial charge in [-0.3, -0.25) is 4.79 Å². The molecule has 126 valence electrons. The van der Waals surface area contributed by atoms with Gasteiger partial charge in [0, 0.05) is 29.7 Å². The van der Waals surface area contributed by atoms with Gasteiger partial charge in [-0.25, -0.2) is 4.39 Å². The Kier molecular flexibility index (Phi) is 4.38. The second-order valence-electron chi connectivity index (χ2n) is 6.47. The van der Waals surface area contributed by atoms with Gasteiger partial charge in [-0.05, 0) is 36.6 Å². The largest absolute Gasteiger partial charge is 0.357 e. The fourth-order valence-electron chi connectivity index (χ4n) is 2.69. The van der Waals surface area contributed by atoms with Crippen LogP contribution in [0.1, 0.15) is 35.8 Å². The minimum atomic E-state index is -0.281. The van der Waals surface area contributed by atoms with Crippen molar-refractivity contribution in [2.45, 2.75) is 26.8 Å². The zero-order valence-corrected chi connectivity index (χ0v) is 14.0. The van der Waals surface area contributed by atoms with Crippen LogP contribution < -0.4 is 0 Å². The Morgan fingerprint density at radius 3 is 2.88 bits per heavy atom. The third-order valence-corrected chi connectivity index (χ3v) is 3.78. The molecule has 1 amide bonds. The lowest BCUT2D eigenvalue weighted by atomic mass is 10.1. The van der Waals surface area contributed by atoms with Crippen LogP contribution in [0, 0.1) is 11.7 Å². The van der Waals surface area contributed by atoms with Crippen LogP contribution in [0.5, 0.6) is 0 Å². The molecule has 6 heteroatoms. The molecule has 0 atom stereocenters. The van der Waals surface area contributed by atoms with Crippen LogP contribution in [0.15, 0.2) is 34.9 Å². The summed E-state index contributed by atoms with van der Waals surface area (Å²) in [4.78, 5) is 17.2. The van der Waals surface area contributed by atoms with Crippen LogP contribution >= 0.6 is 0 Å². The quantitative estimate of drug-likeness (QED) is 0.775. The molecule has 0 fully saturated rings. The summed E-state index contributed by atoms with van der Waals surface area (Å²) in [5.41, 5.74) is 2.45. The molecule has 0 radical (unpaired) electrons. The van der Waals surface area contributed by atoms with Crippen molar-refractivity contribution in [1.29, 1.82) is 0 Å². The van der Waals surface area contributed by atoms with Gasteiger partial charge in [-0.2, -0.15) is 0 Å². The number of rotatable bonds is 5. The second-order valence-corrected chi connectivity index (χ2v) is 6.47. The number of fused-ring (bicyclic) bond motifs is 1. The van der Waals surface area contributed by atoms with Gasteiger partial charge >= 0.3 is 0 Å². The van der Waals surface area contributed by atoms with Crippen LogP contribution in [-0.2, 0) is 13.0 Å². The van der Waals surface area contributed by atoms with Gasteiger partial charge in [-0.15, -0.1) is 0 Å². The Balaban J connectivity index is 1.71. The Hall–Kier alpha value is -2.63. The second kappa shape index (κ2) is 6.47. The summed E-state index contributed by atoms with van der Waals surface area (Å²) in [6, 6.07) is 8.09. The smallest absolute Gasteiger partial charge is 0.292 e. The molecule has 1 aromatic carbocycles. The number of H-pyrrole nitrogens is 1. The first-order valence-electron chi connectivity index (χ1n) is 7.90. The minimum Gasteiger partial charge on any atom is -0.357 e. The number of aromatic nitrogens is 2. The third-order valence-electron chi connectivity index (χ3n) is 3.78. The Bertz CT molecular complexity index is 866. The first kappa shape index (κ1) is 16.2. The van der Waals surface area contributed by atoms with E-state index in [4.69, 9.17) is 4.52 Å². The lowest BCUT2D eigenvalue weighted by molar-refractivity contribution is 0.0742. The highest BCUT2D eigenvalue weighted by Crippen LogP contribution is 2.18. The van der Waals surface area contributed by atoms with E-state index < -0.39 is 0 Å². The lowest BCUT2D eigenvalue weighted by Gasteiger charge is -2.13. The van der Waals surface area contributed by atoms with Crippen molar-refractivity contribution < 1.29 is 13.7 Å². The number of hydrogen-bond acceptors (Lipinski definition) is 3. The molecule has 2 heterocycles. The summed E-state index contributed by atoms with van der Waals surface area (Å²) in [7, 11) is 1.69. The molecule has 0 unspecified atom stereocenters.